The van der Waals surface area contributed by atoms with Crippen molar-refractivity contribution >= 4 is 27.5 Å². The molecule has 1 atom stereocenters. The molecule has 2 aromatic rings. The maximum absolute atomic E-state index is 12.0. The van der Waals surface area contributed by atoms with E-state index in [-0.39, 0.29) is 11.9 Å². The molecule has 0 saturated carbocycles. The Morgan fingerprint density at radius 2 is 2.33 bits per heavy atom. The van der Waals surface area contributed by atoms with Crippen molar-refractivity contribution in [3.63, 3.8) is 0 Å². The number of benzene rings is 1. The quantitative estimate of drug-likeness (QED) is 0.760. The van der Waals surface area contributed by atoms with E-state index >= 15 is 0 Å². The number of amides is 1. The van der Waals surface area contributed by atoms with E-state index in [1.807, 2.05) is 6.92 Å². The van der Waals surface area contributed by atoms with Gasteiger partial charge < -0.3 is 11.1 Å². The van der Waals surface area contributed by atoms with E-state index in [0.29, 0.717) is 11.3 Å². The number of aromatic nitrogens is 2. The minimum absolute atomic E-state index is 0.126. The Hall–Kier alpha value is -1.82. The van der Waals surface area contributed by atoms with Gasteiger partial charge in [0.2, 0.25) is 0 Å². The molecule has 1 amide bonds. The highest BCUT2D eigenvalue weighted by Gasteiger charge is 2.14. The lowest BCUT2D eigenvalue weighted by atomic mass is 10.1. The molecule has 18 heavy (non-hydrogen) atoms. The van der Waals surface area contributed by atoms with Crippen molar-refractivity contribution in [3.05, 3.63) is 46.2 Å². The Bertz CT molecular complexity index is 553. The van der Waals surface area contributed by atoms with Gasteiger partial charge in [0.1, 0.15) is 0 Å². The summed E-state index contributed by atoms with van der Waals surface area (Å²) in [5.74, 6) is -0.200. The van der Waals surface area contributed by atoms with E-state index < -0.39 is 0 Å². The first-order chi connectivity index (χ1) is 8.58. The summed E-state index contributed by atoms with van der Waals surface area (Å²) in [6.45, 7) is 1.89. The molecule has 0 saturated heterocycles. The molecule has 2 rings (SSSR count). The van der Waals surface area contributed by atoms with Gasteiger partial charge in [-0.1, -0.05) is 15.9 Å². The van der Waals surface area contributed by atoms with Gasteiger partial charge in [-0.05, 0) is 25.1 Å². The van der Waals surface area contributed by atoms with Gasteiger partial charge in [0.25, 0.3) is 5.91 Å². The van der Waals surface area contributed by atoms with Gasteiger partial charge in [0, 0.05) is 21.9 Å². The highest BCUT2D eigenvalue weighted by molar-refractivity contribution is 9.10. The predicted molar refractivity (Wildman–Crippen MR) is 73.0 cm³/mol. The number of hydrogen-bond donors (Lipinski definition) is 3. The van der Waals surface area contributed by atoms with E-state index in [1.165, 1.54) is 0 Å². The Balaban J connectivity index is 2.12. The standard InChI is InChI=1S/C12H13BrN4O/c1-7(8-5-15-16-6-8)17-12(18)10-3-2-9(13)4-11(10)14/h2-7H,14H2,1H3,(H,15,16)(H,17,18). The molecule has 1 unspecified atom stereocenters. The Morgan fingerprint density at radius 3 is 2.94 bits per heavy atom. The molecule has 0 spiro atoms. The zero-order valence-corrected chi connectivity index (χ0v) is 11.4. The van der Waals surface area contributed by atoms with Gasteiger partial charge in [0.15, 0.2) is 0 Å². The van der Waals surface area contributed by atoms with Crippen LogP contribution in [0.15, 0.2) is 35.1 Å². The van der Waals surface area contributed by atoms with Crippen LogP contribution in [-0.4, -0.2) is 16.1 Å². The normalized spacial score (nSPS) is 12.1. The van der Waals surface area contributed by atoms with Crippen LogP contribution < -0.4 is 11.1 Å². The minimum Gasteiger partial charge on any atom is -0.398 e. The van der Waals surface area contributed by atoms with Crippen molar-refractivity contribution < 1.29 is 4.79 Å². The van der Waals surface area contributed by atoms with Gasteiger partial charge in [-0.3, -0.25) is 9.89 Å². The monoisotopic (exact) mass is 308 g/mol. The molecular formula is C12H13BrN4O. The molecule has 1 aromatic heterocycles. The molecule has 0 fully saturated rings. The second-order valence-corrected chi connectivity index (χ2v) is 4.87. The zero-order chi connectivity index (χ0) is 13.1. The first-order valence-corrected chi connectivity index (χ1v) is 6.22. The number of hydrogen-bond acceptors (Lipinski definition) is 3. The molecule has 4 N–H and O–H groups in total. The molecule has 94 valence electrons. The maximum atomic E-state index is 12.0. The van der Waals surface area contributed by atoms with Gasteiger partial charge in [0.05, 0.1) is 17.8 Å². The maximum Gasteiger partial charge on any atom is 0.253 e. The van der Waals surface area contributed by atoms with Crippen molar-refractivity contribution in [2.45, 2.75) is 13.0 Å². The third-order valence-electron chi connectivity index (χ3n) is 2.63. The number of anilines is 1. The van der Waals surface area contributed by atoms with Crippen molar-refractivity contribution in [3.8, 4) is 0 Å². The minimum atomic E-state index is -0.200. The number of carbonyl (C=O) groups is 1. The number of carbonyl (C=O) groups excluding carboxylic acids is 1. The lowest BCUT2D eigenvalue weighted by Crippen LogP contribution is -2.27. The SMILES string of the molecule is CC(NC(=O)c1ccc(Br)cc1N)c1cn[nH]c1. The second-order valence-electron chi connectivity index (χ2n) is 3.96. The number of rotatable bonds is 3. The summed E-state index contributed by atoms with van der Waals surface area (Å²) in [5, 5.41) is 9.42. The third kappa shape index (κ3) is 2.70. The van der Waals surface area contributed by atoms with Crippen molar-refractivity contribution in [1.29, 1.82) is 0 Å². The van der Waals surface area contributed by atoms with E-state index in [0.717, 1.165) is 10.0 Å². The average Bonchev–Trinajstić information content (AvgIpc) is 2.81. The first-order valence-electron chi connectivity index (χ1n) is 5.42. The largest absolute Gasteiger partial charge is 0.398 e. The fourth-order valence-electron chi connectivity index (χ4n) is 1.60. The van der Waals surface area contributed by atoms with Gasteiger partial charge in [-0.25, -0.2) is 0 Å². The Morgan fingerprint density at radius 1 is 1.56 bits per heavy atom. The number of aromatic amines is 1. The highest BCUT2D eigenvalue weighted by atomic mass is 79.9. The first kappa shape index (κ1) is 12.6. The highest BCUT2D eigenvalue weighted by Crippen LogP contribution is 2.19. The number of nitrogens with zero attached hydrogens (tertiary/aromatic N) is 1. The van der Waals surface area contributed by atoms with Crippen LogP contribution in [-0.2, 0) is 0 Å². The summed E-state index contributed by atoms with van der Waals surface area (Å²) in [6.07, 6.45) is 3.42. The second kappa shape index (κ2) is 5.22. The summed E-state index contributed by atoms with van der Waals surface area (Å²) in [7, 11) is 0. The molecule has 1 heterocycles. The number of halogens is 1. The van der Waals surface area contributed by atoms with Gasteiger partial charge >= 0.3 is 0 Å². The zero-order valence-electron chi connectivity index (χ0n) is 9.77. The van der Waals surface area contributed by atoms with E-state index in [1.54, 1.807) is 30.6 Å². The molecule has 0 radical (unpaired) electrons. The van der Waals surface area contributed by atoms with Crippen LogP contribution in [0.25, 0.3) is 0 Å². The average molecular weight is 309 g/mol. The summed E-state index contributed by atoms with van der Waals surface area (Å²) in [5.41, 5.74) is 7.63. The molecule has 0 aliphatic carbocycles. The lowest BCUT2D eigenvalue weighted by Gasteiger charge is -2.13. The molecular weight excluding hydrogens is 296 g/mol. The molecule has 5 nitrogen and oxygen atoms in total. The lowest BCUT2D eigenvalue weighted by molar-refractivity contribution is 0.0941. The van der Waals surface area contributed by atoms with Crippen LogP contribution >= 0.6 is 15.9 Å². The van der Waals surface area contributed by atoms with Crippen LogP contribution in [0, 0.1) is 0 Å². The van der Waals surface area contributed by atoms with Crippen molar-refractivity contribution in [2.24, 2.45) is 0 Å². The summed E-state index contributed by atoms with van der Waals surface area (Å²) in [4.78, 5) is 12.0. The summed E-state index contributed by atoms with van der Waals surface area (Å²) < 4.78 is 0.847. The molecule has 0 aliphatic rings. The number of H-pyrrole nitrogens is 1. The van der Waals surface area contributed by atoms with Crippen LogP contribution in [0.4, 0.5) is 5.69 Å². The van der Waals surface area contributed by atoms with E-state index in [9.17, 15) is 4.79 Å². The number of nitrogens with one attached hydrogen (secondary N) is 2. The van der Waals surface area contributed by atoms with Crippen LogP contribution in [0.1, 0.15) is 28.9 Å². The fraction of sp³-hybridized carbons (Fsp3) is 0.167. The van der Waals surface area contributed by atoms with Gasteiger partial charge in [-0.15, -0.1) is 0 Å². The van der Waals surface area contributed by atoms with E-state index in [4.69, 9.17) is 5.73 Å². The number of nitrogens with two attached hydrogens (primary N) is 1. The summed E-state index contributed by atoms with van der Waals surface area (Å²) in [6, 6.07) is 5.06. The fourth-order valence-corrected chi connectivity index (χ4v) is 1.97. The molecule has 6 heteroatoms. The molecule has 0 bridgehead atoms. The Kier molecular flexibility index (Phi) is 3.66. The van der Waals surface area contributed by atoms with Crippen LogP contribution in [0.5, 0.6) is 0 Å². The van der Waals surface area contributed by atoms with Gasteiger partial charge in [-0.2, -0.15) is 5.10 Å². The van der Waals surface area contributed by atoms with Crippen LogP contribution in [0.2, 0.25) is 0 Å². The predicted octanol–water partition coefficient (Wildman–Crippen LogP) is 2.25. The summed E-state index contributed by atoms with van der Waals surface area (Å²) >= 11 is 3.30. The molecule has 1 aromatic carbocycles. The Labute approximate surface area is 113 Å². The van der Waals surface area contributed by atoms with Crippen molar-refractivity contribution in [1.82, 2.24) is 15.5 Å². The number of nitrogen functional groups attached to an aromatic ring is 1. The topological polar surface area (TPSA) is 83.8 Å². The molecule has 0 aliphatic heterocycles. The van der Waals surface area contributed by atoms with Crippen molar-refractivity contribution in [2.75, 3.05) is 5.73 Å². The smallest absolute Gasteiger partial charge is 0.253 e. The van der Waals surface area contributed by atoms with E-state index in [2.05, 4.69) is 31.4 Å². The third-order valence-corrected chi connectivity index (χ3v) is 3.12. The van der Waals surface area contributed by atoms with Crippen LogP contribution in [0.3, 0.4) is 0 Å².